The third-order valence-corrected chi connectivity index (χ3v) is 3.25. The molecule has 2 N–H and O–H groups in total. The highest BCUT2D eigenvalue weighted by Crippen LogP contribution is 2.14. The predicted octanol–water partition coefficient (Wildman–Crippen LogP) is 1.41. The number of hydrogen-bond acceptors (Lipinski definition) is 6. The molecule has 1 saturated heterocycles. The van der Waals surface area contributed by atoms with E-state index in [1.54, 1.807) is 13.1 Å². The van der Waals surface area contributed by atoms with Crippen LogP contribution in [-0.4, -0.2) is 42.6 Å². The average molecular weight is 276 g/mol. The van der Waals surface area contributed by atoms with Gasteiger partial charge in [-0.25, -0.2) is 9.79 Å². The SMILES string of the molecule is CCOC(=O)/C(C=N)=C1\N=C(N2CCCCC2)C=CN1. The summed E-state index contributed by atoms with van der Waals surface area (Å²) in [4.78, 5) is 18.4. The number of esters is 1. The Balaban J connectivity index is 2.23. The summed E-state index contributed by atoms with van der Waals surface area (Å²) in [6.07, 6.45) is 8.19. The van der Waals surface area contributed by atoms with Gasteiger partial charge in [-0.15, -0.1) is 0 Å². The molecule has 0 aliphatic carbocycles. The van der Waals surface area contributed by atoms with Gasteiger partial charge in [0.05, 0.1) is 6.61 Å². The first-order chi connectivity index (χ1) is 9.76. The van der Waals surface area contributed by atoms with Crippen molar-refractivity contribution in [1.29, 1.82) is 5.41 Å². The minimum Gasteiger partial charge on any atom is -0.462 e. The Morgan fingerprint density at radius 3 is 2.90 bits per heavy atom. The summed E-state index contributed by atoms with van der Waals surface area (Å²) >= 11 is 0. The normalized spacial score (nSPS) is 20.9. The second-order valence-corrected chi connectivity index (χ2v) is 4.62. The third-order valence-electron chi connectivity index (χ3n) is 3.25. The van der Waals surface area contributed by atoms with E-state index in [1.165, 1.54) is 6.42 Å². The summed E-state index contributed by atoms with van der Waals surface area (Å²) in [5.41, 5.74) is 0.144. The topological polar surface area (TPSA) is 77.8 Å². The summed E-state index contributed by atoms with van der Waals surface area (Å²) in [6, 6.07) is 0. The van der Waals surface area contributed by atoms with Gasteiger partial charge in [0, 0.05) is 25.5 Å². The molecule has 20 heavy (non-hydrogen) atoms. The van der Waals surface area contributed by atoms with Gasteiger partial charge in [0.25, 0.3) is 0 Å². The fourth-order valence-electron chi connectivity index (χ4n) is 2.25. The maximum atomic E-state index is 11.8. The quantitative estimate of drug-likeness (QED) is 0.464. The number of rotatable bonds is 3. The minimum atomic E-state index is -0.526. The van der Waals surface area contributed by atoms with E-state index in [4.69, 9.17) is 10.1 Å². The molecule has 0 aromatic rings. The smallest absolute Gasteiger partial charge is 0.343 e. The van der Waals surface area contributed by atoms with Crippen LogP contribution in [0.3, 0.4) is 0 Å². The van der Waals surface area contributed by atoms with Gasteiger partial charge < -0.3 is 20.4 Å². The van der Waals surface area contributed by atoms with E-state index in [-0.39, 0.29) is 12.2 Å². The molecular formula is C14H20N4O2. The van der Waals surface area contributed by atoms with Crippen molar-refractivity contribution in [2.24, 2.45) is 4.99 Å². The van der Waals surface area contributed by atoms with E-state index >= 15 is 0 Å². The molecule has 0 aromatic heterocycles. The van der Waals surface area contributed by atoms with Crippen molar-refractivity contribution >= 4 is 18.0 Å². The molecule has 6 heteroatoms. The van der Waals surface area contributed by atoms with E-state index in [1.807, 2.05) is 6.08 Å². The maximum absolute atomic E-state index is 11.8. The zero-order valence-corrected chi connectivity index (χ0v) is 11.7. The molecule has 6 nitrogen and oxygen atoms in total. The molecule has 1 fully saturated rings. The van der Waals surface area contributed by atoms with Crippen molar-refractivity contribution in [1.82, 2.24) is 10.2 Å². The van der Waals surface area contributed by atoms with Gasteiger partial charge in [0.15, 0.2) is 0 Å². The number of carbonyl (C=O) groups excluding carboxylic acids is 1. The fraction of sp³-hybridized carbons (Fsp3) is 0.500. The van der Waals surface area contributed by atoms with Crippen LogP contribution in [0.4, 0.5) is 0 Å². The molecule has 0 bridgehead atoms. The van der Waals surface area contributed by atoms with Crippen LogP contribution >= 0.6 is 0 Å². The van der Waals surface area contributed by atoms with E-state index < -0.39 is 5.97 Å². The number of amidine groups is 1. The van der Waals surface area contributed by atoms with Crippen LogP contribution < -0.4 is 5.32 Å². The zero-order chi connectivity index (χ0) is 14.4. The first kappa shape index (κ1) is 14.3. The number of hydrogen-bond donors (Lipinski definition) is 2. The summed E-state index contributed by atoms with van der Waals surface area (Å²) in [5, 5.41) is 10.3. The lowest BCUT2D eigenvalue weighted by Gasteiger charge is -2.29. The van der Waals surface area contributed by atoms with Gasteiger partial charge in [-0.2, -0.15) is 0 Å². The fourth-order valence-corrected chi connectivity index (χ4v) is 2.25. The number of nitrogens with one attached hydrogen (secondary N) is 2. The first-order valence-corrected chi connectivity index (χ1v) is 6.95. The molecule has 2 heterocycles. The standard InChI is InChI=1S/C14H20N4O2/c1-2-20-14(19)11(10-15)13-16-7-6-12(17-13)18-8-4-3-5-9-18/h6-7,10,15-16H,2-5,8-9H2,1H3/b13-11-,15-10?. The zero-order valence-electron chi connectivity index (χ0n) is 11.7. The Morgan fingerprint density at radius 1 is 1.50 bits per heavy atom. The summed E-state index contributed by atoms with van der Waals surface area (Å²) in [7, 11) is 0. The van der Waals surface area contributed by atoms with Gasteiger partial charge >= 0.3 is 5.97 Å². The number of piperidine rings is 1. The van der Waals surface area contributed by atoms with Crippen LogP contribution in [0.5, 0.6) is 0 Å². The molecule has 0 aromatic carbocycles. The lowest BCUT2D eigenvalue weighted by atomic mass is 10.1. The van der Waals surface area contributed by atoms with Crippen LogP contribution in [-0.2, 0) is 9.53 Å². The molecule has 2 aliphatic heterocycles. The molecular weight excluding hydrogens is 256 g/mol. The number of likely N-dealkylation sites (tertiary alicyclic amines) is 1. The Morgan fingerprint density at radius 2 is 2.25 bits per heavy atom. The number of aliphatic imine (C=N–C) groups is 1. The number of nitrogens with zero attached hydrogens (tertiary/aromatic N) is 2. The predicted molar refractivity (Wildman–Crippen MR) is 77.6 cm³/mol. The van der Waals surface area contributed by atoms with E-state index in [9.17, 15) is 4.79 Å². The van der Waals surface area contributed by atoms with Crippen molar-refractivity contribution in [2.75, 3.05) is 19.7 Å². The summed E-state index contributed by atoms with van der Waals surface area (Å²) in [5.74, 6) is 0.686. The Kier molecular flexibility index (Phi) is 4.92. The van der Waals surface area contributed by atoms with E-state index in [2.05, 4.69) is 15.2 Å². The Bertz CT molecular complexity index is 474. The first-order valence-electron chi connectivity index (χ1n) is 6.95. The Hall–Kier alpha value is -2.11. The monoisotopic (exact) mass is 276 g/mol. The molecule has 108 valence electrons. The van der Waals surface area contributed by atoms with Crippen molar-refractivity contribution in [3.05, 3.63) is 23.7 Å². The van der Waals surface area contributed by atoms with Crippen LogP contribution in [0.1, 0.15) is 26.2 Å². The summed E-state index contributed by atoms with van der Waals surface area (Å²) < 4.78 is 4.93. The third kappa shape index (κ3) is 3.26. The van der Waals surface area contributed by atoms with Crippen molar-refractivity contribution in [2.45, 2.75) is 26.2 Å². The molecule has 0 amide bonds. The number of ether oxygens (including phenoxy) is 1. The van der Waals surface area contributed by atoms with Gasteiger partial charge in [-0.1, -0.05) is 0 Å². The van der Waals surface area contributed by atoms with Gasteiger partial charge in [-0.3, -0.25) is 0 Å². The van der Waals surface area contributed by atoms with Crippen molar-refractivity contribution in [3.63, 3.8) is 0 Å². The summed E-state index contributed by atoms with van der Waals surface area (Å²) in [6.45, 7) is 3.98. The molecule has 0 radical (unpaired) electrons. The molecule has 0 atom stereocenters. The molecule has 0 unspecified atom stereocenters. The van der Waals surface area contributed by atoms with Crippen LogP contribution in [0, 0.1) is 5.41 Å². The van der Waals surface area contributed by atoms with E-state index in [0.29, 0.717) is 5.82 Å². The largest absolute Gasteiger partial charge is 0.462 e. The van der Waals surface area contributed by atoms with Gasteiger partial charge in [-0.05, 0) is 32.3 Å². The minimum absolute atomic E-state index is 0.144. The maximum Gasteiger partial charge on any atom is 0.343 e. The highest BCUT2D eigenvalue weighted by molar-refractivity contribution is 6.10. The van der Waals surface area contributed by atoms with Crippen molar-refractivity contribution in [3.8, 4) is 0 Å². The van der Waals surface area contributed by atoms with Crippen LogP contribution in [0.25, 0.3) is 0 Å². The van der Waals surface area contributed by atoms with Crippen LogP contribution in [0.2, 0.25) is 0 Å². The molecule has 0 saturated carbocycles. The van der Waals surface area contributed by atoms with Crippen LogP contribution in [0.15, 0.2) is 28.7 Å². The van der Waals surface area contributed by atoms with Crippen molar-refractivity contribution < 1.29 is 9.53 Å². The van der Waals surface area contributed by atoms with Gasteiger partial charge in [0.2, 0.25) is 0 Å². The molecule has 2 rings (SSSR count). The molecule has 2 aliphatic rings. The number of carbonyl (C=O) groups is 1. The van der Waals surface area contributed by atoms with E-state index in [0.717, 1.165) is 38.0 Å². The molecule has 0 spiro atoms. The van der Waals surface area contributed by atoms with Gasteiger partial charge in [0.1, 0.15) is 17.2 Å². The highest BCUT2D eigenvalue weighted by atomic mass is 16.5. The second kappa shape index (κ2) is 6.88. The highest BCUT2D eigenvalue weighted by Gasteiger charge is 2.19. The lowest BCUT2D eigenvalue weighted by Crippen LogP contribution is -2.36. The average Bonchev–Trinajstić information content (AvgIpc) is 2.49. The Labute approximate surface area is 118 Å². The lowest BCUT2D eigenvalue weighted by molar-refractivity contribution is -0.137. The second-order valence-electron chi connectivity index (χ2n) is 4.62.